The molecule has 0 saturated heterocycles. The molecule has 0 fully saturated rings. The Morgan fingerprint density at radius 1 is 1.16 bits per heavy atom. The van der Waals surface area contributed by atoms with Crippen LogP contribution in [0.5, 0.6) is 11.5 Å². The summed E-state index contributed by atoms with van der Waals surface area (Å²) in [5.41, 5.74) is 1.07. The van der Waals surface area contributed by atoms with Crippen LogP contribution in [0.3, 0.4) is 0 Å². The van der Waals surface area contributed by atoms with E-state index < -0.39 is 0 Å². The van der Waals surface area contributed by atoms with Crippen LogP contribution in [0.25, 0.3) is 0 Å². The molecular formula is C17H25IN4O2S. The standard InChI is InChI=1S/C17H24N4O2S.HI/c1-12-16(24-13(2)21-12)11-20-17(18-3)19-9-10-23-15-7-5-14(22-4)6-8-15;/h5-8H,9-11H2,1-4H3,(H2,18,19,20);1H. The van der Waals surface area contributed by atoms with Crippen LogP contribution in [0.4, 0.5) is 0 Å². The van der Waals surface area contributed by atoms with Crippen molar-refractivity contribution in [1.29, 1.82) is 0 Å². The molecule has 0 amide bonds. The molecular weight excluding hydrogens is 451 g/mol. The zero-order valence-corrected chi connectivity index (χ0v) is 18.1. The largest absolute Gasteiger partial charge is 0.497 e. The van der Waals surface area contributed by atoms with Gasteiger partial charge in [0, 0.05) is 11.9 Å². The van der Waals surface area contributed by atoms with Crippen LogP contribution < -0.4 is 20.1 Å². The van der Waals surface area contributed by atoms with Gasteiger partial charge in [-0.3, -0.25) is 4.99 Å². The summed E-state index contributed by atoms with van der Waals surface area (Å²) >= 11 is 1.70. The maximum Gasteiger partial charge on any atom is 0.191 e. The Hall–Kier alpha value is -1.55. The molecule has 2 rings (SSSR count). The van der Waals surface area contributed by atoms with Gasteiger partial charge >= 0.3 is 0 Å². The molecule has 2 N–H and O–H groups in total. The number of rotatable bonds is 7. The van der Waals surface area contributed by atoms with E-state index in [0.29, 0.717) is 13.2 Å². The van der Waals surface area contributed by atoms with Crippen LogP contribution in [0.2, 0.25) is 0 Å². The highest BCUT2D eigenvalue weighted by Crippen LogP contribution is 2.17. The van der Waals surface area contributed by atoms with Gasteiger partial charge in [0.05, 0.1) is 30.9 Å². The summed E-state index contributed by atoms with van der Waals surface area (Å²) in [6.07, 6.45) is 0. The summed E-state index contributed by atoms with van der Waals surface area (Å²) < 4.78 is 10.8. The van der Waals surface area contributed by atoms with Gasteiger partial charge in [-0.05, 0) is 38.1 Å². The topological polar surface area (TPSA) is 67.8 Å². The Labute approximate surface area is 170 Å². The number of ether oxygens (including phenoxy) is 2. The van der Waals surface area contributed by atoms with Crippen molar-refractivity contribution in [3.63, 3.8) is 0 Å². The number of aryl methyl sites for hydroxylation is 2. The summed E-state index contributed by atoms with van der Waals surface area (Å²) in [6, 6.07) is 7.53. The number of halogens is 1. The van der Waals surface area contributed by atoms with Gasteiger partial charge in [-0.1, -0.05) is 0 Å². The molecule has 0 aliphatic heterocycles. The molecule has 0 spiro atoms. The van der Waals surface area contributed by atoms with Crippen LogP contribution in [0.1, 0.15) is 15.6 Å². The Balaban J connectivity index is 0.00000312. The molecule has 2 aromatic rings. The maximum absolute atomic E-state index is 5.68. The number of nitrogens with zero attached hydrogens (tertiary/aromatic N) is 2. The third kappa shape index (κ3) is 7.07. The SMILES string of the molecule is CN=C(NCCOc1ccc(OC)cc1)NCc1sc(C)nc1C.I. The van der Waals surface area contributed by atoms with E-state index in [2.05, 4.69) is 20.6 Å². The van der Waals surface area contributed by atoms with Crippen molar-refractivity contribution in [3.8, 4) is 11.5 Å². The van der Waals surface area contributed by atoms with Gasteiger partial charge in [-0.25, -0.2) is 4.98 Å². The number of aromatic nitrogens is 1. The molecule has 8 heteroatoms. The minimum Gasteiger partial charge on any atom is -0.497 e. The molecule has 0 aliphatic rings. The van der Waals surface area contributed by atoms with E-state index >= 15 is 0 Å². The number of nitrogens with one attached hydrogen (secondary N) is 2. The van der Waals surface area contributed by atoms with Crippen LogP contribution in [0, 0.1) is 13.8 Å². The van der Waals surface area contributed by atoms with E-state index in [1.165, 1.54) is 4.88 Å². The predicted octanol–water partition coefficient (Wildman–Crippen LogP) is 3.13. The van der Waals surface area contributed by atoms with Crippen LogP contribution >= 0.6 is 35.3 Å². The first kappa shape index (κ1) is 21.5. The van der Waals surface area contributed by atoms with Gasteiger partial charge in [0.25, 0.3) is 0 Å². The second kappa shape index (κ2) is 11.1. The normalized spacial score (nSPS) is 10.8. The number of methoxy groups -OCH3 is 1. The van der Waals surface area contributed by atoms with Crippen molar-refractivity contribution < 1.29 is 9.47 Å². The lowest BCUT2D eigenvalue weighted by atomic mass is 10.3. The van der Waals surface area contributed by atoms with Crippen molar-refractivity contribution in [3.05, 3.63) is 39.8 Å². The lowest BCUT2D eigenvalue weighted by molar-refractivity contribution is 0.321. The summed E-state index contributed by atoms with van der Waals surface area (Å²) in [6.45, 7) is 5.97. The third-order valence-corrected chi connectivity index (χ3v) is 4.44. The molecule has 1 heterocycles. The van der Waals surface area contributed by atoms with E-state index in [0.717, 1.165) is 34.7 Å². The van der Waals surface area contributed by atoms with E-state index in [1.54, 1.807) is 25.5 Å². The number of guanidine groups is 1. The monoisotopic (exact) mass is 476 g/mol. The molecule has 0 unspecified atom stereocenters. The average molecular weight is 476 g/mol. The highest BCUT2D eigenvalue weighted by molar-refractivity contribution is 14.0. The van der Waals surface area contributed by atoms with Crippen molar-refractivity contribution in [2.75, 3.05) is 27.3 Å². The van der Waals surface area contributed by atoms with Crippen LogP contribution in [0.15, 0.2) is 29.3 Å². The van der Waals surface area contributed by atoms with E-state index in [4.69, 9.17) is 9.47 Å². The zero-order chi connectivity index (χ0) is 17.4. The summed E-state index contributed by atoms with van der Waals surface area (Å²) in [5.74, 6) is 2.38. The summed E-state index contributed by atoms with van der Waals surface area (Å²) in [7, 11) is 3.40. The lowest BCUT2D eigenvalue weighted by Crippen LogP contribution is -2.38. The van der Waals surface area contributed by atoms with Crippen molar-refractivity contribution in [2.45, 2.75) is 20.4 Å². The Kier molecular flexibility index (Phi) is 9.58. The van der Waals surface area contributed by atoms with E-state index in [-0.39, 0.29) is 24.0 Å². The number of thiazole rings is 1. The van der Waals surface area contributed by atoms with E-state index in [9.17, 15) is 0 Å². The number of hydrogen-bond acceptors (Lipinski definition) is 5. The average Bonchev–Trinajstić information content (AvgIpc) is 2.92. The zero-order valence-electron chi connectivity index (χ0n) is 15.0. The first-order valence-corrected chi connectivity index (χ1v) is 8.58. The number of aliphatic imine (C=N–C) groups is 1. The first-order valence-electron chi connectivity index (χ1n) is 7.76. The predicted molar refractivity (Wildman–Crippen MR) is 114 cm³/mol. The fraction of sp³-hybridized carbons (Fsp3) is 0.412. The van der Waals surface area contributed by atoms with Gasteiger partial charge in [0.1, 0.15) is 18.1 Å². The molecule has 138 valence electrons. The molecule has 1 aromatic carbocycles. The summed E-state index contributed by atoms with van der Waals surface area (Å²) in [4.78, 5) is 9.87. The second-order valence-electron chi connectivity index (χ2n) is 5.12. The van der Waals surface area contributed by atoms with Gasteiger partial charge in [0.15, 0.2) is 5.96 Å². The van der Waals surface area contributed by atoms with Crippen molar-refractivity contribution in [1.82, 2.24) is 15.6 Å². The van der Waals surface area contributed by atoms with Gasteiger partial charge < -0.3 is 20.1 Å². The maximum atomic E-state index is 5.68. The fourth-order valence-corrected chi connectivity index (χ4v) is 3.01. The summed E-state index contributed by atoms with van der Waals surface area (Å²) in [5, 5.41) is 7.61. The first-order chi connectivity index (χ1) is 11.6. The number of benzene rings is 1. The van der Waals surface area contributed by atoms with Crippen molar-refractivity contribution in [2.24, 2.45) is 4.99 Å². The highest BCUT2D eigenvalue weighted by Gasteiger charge is 2.05. The van der Waals surface area contributed by atoms with E-state index in [1.807, 2.05) is 38.1 Å². The molecule has 0 atom stereocenters. The lowest BCUT2D eigenvalue weighted by Gasteiger charge is -2.12. The molecule has 0 radical (unpaired) electrons. The molecule has 25 heavy (non-hydrogen) atoms. The highest BCUT2D eigenvalue weighted by atomic mass is 127. The molecule has 0 bridgehead atoms. The van der Waals surface area contributed by atoms with Gasteiger partial charge in [-0.15, -0.1) is 35.3 Å². The van der Waals surface area contributed by atoms with Crippen LogP contribution in [-0.4, -0.2) is 38.3 Å². The van der Waals surface area contributed by atoms with Gasteiger partial charge in [-0.2, -0.15) is 0 Å². The minimum atomic E-state index is 0. The molecule has 0 saturated carbocycles. The third-order valence-electron chi connectivity index (χ3n) is 3.36. The van der Waals surface area contributed by atoms with Crippen LogP contribution in [-0.2, 0) is 6.54 Å². The molecule has 6 nitrogen and oxygen atoms in total. The quantitative estimate of drug-likeness (QED) is 0.278. The minimum absolute atomic E-state index is 0. The fourth-order valence-electron chi connectivity index (χ4n) is 2.13. The second-order valence-corrected chi connectivity index (χ2v) is 6.41. The van der Waals surface area contributed by atoms with Crippen molar-refractivity contribution >= 4 is 41.3 Å². The number of hydrogen-bond donors (Lipinski definition) is 2. The molecule has 0 aliphatic carbocycles. The van der Waals surface area contributed by atoms with Gasteiger partial charge in [0.2, 0.25) is 0 Å². The Bertz CT molecular complexity index is 674. The Morgan fingerprint density at radius 3 is 2.40 bits per heavy atom. The Morgan fingerprint density at radius 2 is 1.84 bits per heavy atom. The molecule has 1 aromatic heterocycles. The smallest absolute Gasteiger partial charge is 0.191 e.